The largest absolute Gasteiger partial charge is 0.494 e. The van der Waals surface area contributed by atoms with E-state index in [0.29, 0.717) is 37.6 Å². The van der Waals surface area contributed by atoms with Crippen molar-refractivity contribution in [1.29, 1.82) is 0 Å². The first-order chi connectivity index (χ1) is 14.4. The third-order valence-electron chi connectivity index (χ3n) is 3.84. The maximum atomic E-state index is 12.6. The van der Waals surface area contributed by atoms with Crippen molar-refractivity contribution in [3.8, 4) is 11.5 Å². The Labute approximate surface area is 181 Å². The zero-order chi connectivity index (χ0) is 22.0. The molecule has 1 amide bonds. The van der Waals surface area contributed by atoms with Crippen LogP contribution in [0.25, 0.3) is 0 Å². The highest BCUT2D eigenvalue weighted by molar-refractivity contribution is 7.92. The van der Waals surface area contributed by atoms with E-state index in [2.05, 4.69) is 10.0 Å². The number of carbonyl (C=O) groups is 1. The number of amides is 1. The van der Waals surface area contributed by atoms with Gasteiger partial charge in [0, 0.05) is 25.9 Å². The van der Waals surface area contributed by atoms with Crippen molar-refractivity contribution >= 4 is 33.2 Å². The second kappa shape index (κ2) is 11.6. The lowest BCUT2D eigenvalue weighted by molar-refractivity contribution is -0.123. The molecule has 0 radical (unpaired) electrons. The molecule has 30 heavy (non-hydrogen) atoms. The van der Waals surface area contributed by atoms with Gasteiger partial charge in [-0.05, 0) is 55.8 Å². The van der Waals surface area contributed by atoms with Gasteiger partial charge in [0.05, 0.1) is 16.5 Å². The van der Waals surface area contributed by atoms with E-state index >= 15 is 0 Å². The first-order valence-corrected chi connectivity index (χ1v) is 11.2. The van der Waals surface area contributed by atoms with Crippen molar-refractivity contribution in [2.75, 3.05) is 38.2 Å². The van der Waals surface area contributed by atoms with Crippen molar-refractivity contribution in [3.63, 3.8) is 0 Å². The van der Waals surface area contributed by atoms with Gasteiger partial charge < -0.3 is 19.5 Å². The van der Waals surface area contributed by atoms with Crippen LogP contribution >= 0.6 is 11.6 Å². The number of hydrogen-bond acceptors (Lipinski definition) is 6. The van der Waals surface area contributed by atoms with Crippen molar-refractivity contribution < 1.29 is 27.4 Å². The predicted molar refractivity (Wildman–Crippen MR) is 115 cm³/mol. The van der Waals surface area contributed by atoms with Crippen LogP contribution in [0.15, 0.2) is 47.4 Å². The van der Waals surface area contributed by atoms with E-state index in [-0.39, 0.29) is 28.2 Å². The Kier molecular flexibility index (Phi) is 9.22. The van der Waals surface area contributed by atoms with Crippen LogP contribution in [-0.2, 0) is 19.6 Å². The Morgan fingerprint density at radius 1 is 1.10 bits per heavy atom. The number of nitrogens with one attached hydrogen (secondary N) is 2. The number of halogens is 1. The van der Waals surface area contributed by atoms with Gasteiger partial charge in [-0.2, -0.15) is 0 Å². The zero-order valence-electron chi connectivity index (χ0n) is 16.8. The number of ether oxygens (including phenoxy) is 3. The van der Waals surface area contributed by atoms with Crippen LogP contribution in [0.1, 0.15) is 13.3 Å². The van der Waals surface area contributed by atoms with Crippen LogP contribution in [0, 0.1) is 0 Å². The lowest BCUT2D eigenvalue weighted by Crippen LogP contribution is -2.30. The Bertz CT molecular complexity index is 935. The monoisotopic (exact) mass is 456 g/mol. The summed E-state index contributed by atoms with van der Waals surface area (Å²) in [4.78, 5) is 11.7. The van der Waals surface area contributed by atoms with Gasteiger partial charge in [-0.1, -0.05) is 11.6 Å². The molecule has 2 rings (SSSR count). The normalized spacial score (nSPS) is 11.0. The zero-order valence-corrected chi connectivity index (χ0v) is 18.4. The van der Waals surface area contributed by atoms with Crippen LogP contribution in [0.3, 0.4) is 0 Å². The van der Waals surface area contributed by atoms with E-state index in [1.807, 2.05) is 6.92 Å². The smallest absolute Gasteiger partial charge is 0.261 e. The predicted octanol–water partition coefficient (Wildman–Crippen LogP) is 3.07. The second-order valence-corrected chi connectivity index (χ2v) is 8.23. The number of carbonyl (C=O) groups excluding carboxylic acids is 1. The molecule has 0 heterocycles. The minimum absolute atomic E-state index is 0.0299. The number of anilines is 1. The van der Waals surface area contributed by atoms with E-state index in [1.165, 1.54) is 18.2 Å². The summed E-state index contributed by atoms with van der Waals surface area (Å²) in [6.07, 6.45) is 0.691. The SMILES string of the molecule is CCOc1ccc(NS(=O)(=O)c2ccc(OCC(=O)NCCCOC)c(Cl)c2)cc1. The van der Waals surface area contributed by atoms with Crippen molar-refractivity contribution in [3.05, 3.63) is 47.5 Å². The maximum Gasteiger partial charge on any atom is 0.261 e. The molecular weight excluding hydrogens is 432 g/mol. The van der Waals surface area contributed by atoms with Crippen molar-refractivity contribution in [2.24, 2.45) is 0 Å². The molecule has 0 aliphatic carbocycles. The summed E-state index contributed by atoms with van der Waals surface area (Å²) in [7, 11) is -2.26. The fraction of sp³-hybridized carbons (Fsp3) is 0.350. The maximum absolute atomic E-state index is 12.6. The van der Waals surface area contributed by atoms with Crippen LogP contribution < -0.4 is 19.5 Å². The number of rotatable bonds is 12. The topological polar surface area (TPSA) is 103 Å². The Hall–Kier alpha value is -2.49. The summed E-state index contributed by atoms with van der Waals surface area (Å²) in [5, 5.41) is 2.76. The number of benzene rings is 2. The molecule has 2 N–H and O–H groups in total. The fourth-order valence-corrected chi connectivity index (χ4v) is 3.79. The molecule has 0 aliphatic heterocycles. The molecule has 0 unspecified atom stereocenters. The third-order valence-corrected chi connectivity index (χ3v) is 5.51. The molecule has 10 heteroatoms. The molecule has 0 aliphatic rings. The minimum Gasteiger partial charge on any atom is -0.494 e. The summed E-state index contributed by atoms with van der Waals surface area (Å²) in [5.74, 6) is 0.549. The van der Waals surface area contributed by atoms with Gasteiger partial charge in [0.15, 0.2) is 6.61 Å². The second-order valence-electron chi connectivity index (χ2n) is 6.14. The van der Waals surface area contributed by atoms with Gasteiger partial charge in [0.2, 0.25) is 0 Å². The van der Waals surface area contributed by atoms with E-state index in [1.54, 1.807) is 31.4 Å². The van der Waals surface area contributed by atoms with Crippen LogP contribution in [0.2, 0.25) is 5.02 Å². The van der Waals surface area contributed by atoms with Gasteiger partial charge in [-0.25, -0.2) is 8.42 Å². The first kappa shape index (κ1) is 23.8. The Balaban J connectivity index is 1.96. The Morgan fingerprint density at radius 2 is 1.83 bits per heavy atom. The summed E-state index contributed by atoms with van der Waals surface area (Å²) >= 11 is 6.14. The van der Waals surface area contributed by atoms with Crippen molar-refractivity contribution in [2.45, 2.75) is 18.2 Å². The highest BCUT2D eigenvalue weighted by Crippen LogP contribution is 2.28. The van der Waals surface area contributed by atoms with Gasteiger partial charge >= 0.3 is 0 Å². The standard InChI is InChI=1S/C20H25ClN2O6S/c1-3-28-16-7-5-15(6-8-16)23-30(25,26)17-9-10-19(18(21)13-17)29-14-20(24)22-11-4-12-27-2/h5-10,13,23H,3-4,11-12,14H2,1-2H3,(H,22,24). The average Bonchev–Trinajstić information content (AvgIpc) is 2.71. The van der Waals surface area contributed by atoms with E-state index in [0.717, 1.165) is 0 Å². The third kappa shape index (κ3) is 7.40. The van der Waals surface area contributed by atoms with E-state index in [4.69, 9.17) is 25.8 Å². The van der Waals surface area contributed by atoms with Gasteiger partial charge in [0.1, 0.15) is 11.5 Å². The van der Waals surface area contributed by atoms with Gasteiger partial charge in [-0.15, -0.1) is 0 Å². The van der Waals surface area contributed by atoms with E-state index in [9.17, 15) is 13.2 Å². The quantitative estimate of drug-likeness (QED) is 0.476. The molecule has 0 saturated heterocycles. The lowest BCUT2D eigenvalue weighted by Gasteiger charge is -2.12. The fourth-order valence-electron chi connectivity index (χ4n) is 2.40. The van der Waals surface area contributed by atoms with Gasteiger partial charge in [-0.3, -0.25) is 9.52 Å². The van der Waals surface area contributed by atoms with Gasteiger partial charge in [0.25, 0.3) is 15.9 Å². The molecule has 164 valence electrons. The number of methoxy groups -OCH3 is 1. The average molecular weight is 457 g/mol. The molecule has 0 saturated carbocycles. The molecule has 8 nitrogen and oxygen atoms in total. The molecule has 0 aromatic heterocycles. The molecule has 0 atom stereocenters. The summed E-state index contributed by atoms with van der Waals surface area (Å²) in [6.45, 7) is 3.17. The molecular formula is C20H25ClN2O6S. The summed E-state index contributed by atoms with van der Waals surface area (Å²) in [6, 6.07) is 10.6. The summed E-state index contributed by atoms with van der Waals surface area (Å²) < 4.78 is 43.3. The molecule has 0 fully saturated rings. The van der Waals surface area contributed by atoms with Crippen molar-refractivity contribution in [1.82, 2.24) is 5.32 Å². The van der Waals surface area contributed by atoms with Crippen LogP contribution in [0.5, 0.6) is 11.5 Å². The van der Waals surface area contributed by atoms with Crippen LogP contribution in [-0.4, -0.2) is 47.8 Å². The van der Waals surface area contributed by atoms with E-state index < -0.39 is 10.0 Å². The highest BCUT2D eigenvalue weighted by Gasteiger charge is 2.17. The summed E-state index contributed by atoms with van der Waals surface area (Å²) in [5.41, 5.74) is 0.389. The highest BCUT2D eigenvalue weighted by atomic mass is 35.5. The molecule has 2 aromatic carbocycles. The lowest BCUT2D eigenvalue weighted by atomic mass is 10.3. The molecule has 2 aromatic rings. The minimum atomic E-state index is -3.85. The number of sulfonamides is 1. The molecule has 0 bridgehead atoms. The molecule has 0 spiro atoms. The number of hydrogen-bond donors (Lipinski definition) is 2. The Morgan fingerprint density at radius 3 is 2.47 bits per heavy atom. The van der Waals surface area contributed by atoms with Crippen LogP contribution in [0.4, 0.5) is 5.69 Å². The first-order valence-electron chi connectivity index (χ1n) is 9.29.